The van der Waals surface area contributed by atoms with Gasteiger partial charge in [0.25, 0.3) is 5.56 Å². The fraction of sp³-hybridized carbons (Fsp3) is 0.0952. The summed E-state index contributed by atoms with van der Waals surface area (Å²) in [5.74, 6) is 0.883. The van der Waals surface area contributed by atoms with Crippen molar-refractivity contribution in [1.29, 1.82) is 0 Å². The molecule has 0 bridgehead atoms. The number of benzene rings is 2. The molecule has 3 heterocycles. The first-order chi connectivity index (χ1) is 15.1. The molecule has 31 heavy (non-hydrogen) atoms. The molecule has 2 aromatic carbocycles. The van der Waals surface area contributed by atoms with Crippen molar-refractivity contribution in [2.24, 2.45) is 0 Å². The SMILES string of the molecule is C[C@H](Sc1nc2c(cnn2-c2cccc(Cl)c2)c(=O)[nH]1)c1nnc(-c2ccccc2)o1. The van der Waals surface area contributed by atoms with Gasteiger partial charge in [0.15, 0.2) is 10.8 Å². The lowest BCUT2D eigenvalue weighted by Gasteiger charge is -2.07. The molecule has 5 rings (SSSR count). The molecule has 10 heteroatoms. The van der Waals surface area contributed by atoms with Crippen LogP contribution in [0.15, 0.2) is 75.2 Å². The summed E-state index contributed by atoms with van der Waals surface area (Å²) in [5.41, 5.74) is 1.73. The topological polar surface area (TPSA) is 102 Å². The molecule has 8 nitrogen and oxygen atoms in total. The molecule has 0 amide bonds. The molecule has 0 radical (unpaired) electrons. The Balaban J connectivity index is 1.46. The van der Waals surface area contributed by atoms with Gasteiger partial charge in [0.2, 0.25) is 11.8 Å². The molecule has 154 valence electrons. The Morgan fingerprint density at radius 1 is 1.13 bits per heavy atom. The van der Waals surface area contributed by atoms with E-state index in [0.29, 0.717) is 38.7 Å². The van der Waals surface area contributed by atoms with E-state index in [1.807, 2.05) is 49.4 Å². The van der Waals surface area contributed by atoms with Crippen molar-refractivity contribution in [3.8, 4) is 17.1 Å². The number of nitrogens with zero attached hydrogens (tertiary/aromatic N) is 5. The maximum atomic E-state index is 12.6. The second-order valence-electron chi connectivity index (χ2n) is 6.72. The van der Waals surface area contributed by atoms with E-state index < -0.39 is 0 Å². The highest BCUT2D eigenvalue weighted by Crippen LogP contribution is 2.33. The maximum Gasteiger partial charge on any atom is 0.262 e. The number of hydrogen-bond donors (Lipinski definition) is 1. The van der Waals surface area contributed by atoms with Crippen LogP contribution in [-0.4, -0.2) is 29.9 Å². The summed E-state index contributed by atoms with van der Waals surface area (Å²) in [5, 5.41) is 13.7. The van der Waals surface area contributed by atoms with Crippen molar-refractivity contribution in [3.63, 3.8) is 0 Å². The highest BCUT2D eigenvalue weighted by Gasteiger charge is 2.19. The van der Waals surface area contributed by atoms with Crippen molar-refractivity contribution in [3.05, 3.63) is 82.1 Å². The quantitative estimate of drug-likeness (QED) is 0.306. The fourth-order valence-corrected chi connectivity index (χ4v) is 4.07. The van der Waals surface area contributed by atoms with Gasteiger partial charge in [-0.3, -0.25) is 4.79 Å². The lowest BCUT2D eigenvalue weighted by molar-refractivity contribution is 0.509. The van der Waals surface area contributed by atoms with Gasteiger partial charge in [-0.2, -0.15) is 5.10 Å². The molecular formula is C21H15ClN6O2S. The number of aromatic nitrogens is 6. The standard InChI is InChI=1S/C21H15ClN6O2S/c1-12(19-26-27-20(30-19)13-6-3-2-4-7-13)31-21-24-17-16(18(29)25-21)11-23-28(17)15-9-5-8-14(22)10-15/h2-12H,1H3,(H,24,25,29)/t12-/m0/s1. The molecule has 1 N–H and O–H groups in total. The van der Waals surface area contributed by atoms with Gasteiger partial charge in [0.1, 0.15) is 5.39 Å². The summed E-state index contributed by atoms with van der Waals surface area (Å²) < 4.78 is 7.41. The van der Waals surface area contributed by atoms with E-state index in [-0.39, 0.29) is 10.8 Å². The highest BCUT2D eigenvalue weighted by atomic mass is 35.5. The zero-order valence-corrected chi connectivity index (χ0v) is 17.8. The van der Waals surface area contributed by atoms with Gasteiger partial charge in [0.05, 0.1) is 17.1 Å². The minimum atomic E-state index is -0.275. The Bertz CT molecular complexity index is 1430. The van der Waals surface area contributed by atoms with Gasteiger partial charge in [-0.15, -0.1) is 10.2 Å². The molecule has 0 spiro atoms. The highest BCUT2D eigenvalue weighted by molar-refractivity contribution is 7.99. The van der Waals surface area contributed by atoms with E-state index in [0.717, 1.165) is 5.56 Å². The molecule has 0 aliphatic rings. The van der Waals surface area contributed by atoms with Gasteiger partial charge in [-0.1, -0.05) is 47.6 Å². The molecule has 1 atom stereocenters. The number of nitrogens with one attached hydrogen (secondary N) is 1. The second-order valence-corrected chi connectivity index (χ2v) is 8.48. The average Bonchev–Trinajstić information content (AvgIpc) is 3.42. The maximum absolute atomic E-state index is 12.6. The van der Waals surface area contributed by atoms with E-state index in [9.17, 15) is 4.79 Å². The zero-order chi connectivity index (χ0) is 21.4. The molecule has 0 fully saturated rings. The van der Waals surface area contributed by atoms with Crippen LogP contribution in [0, 0.1) is 0 Å². The van der Waals surface area contributed by atoms with Crippen LogP contribution in [0.25, 0.3) is 28.2 Å². The van der Waals surface area contributed by atoms with E-state index in [1.165, 1.54) is 18.0 Å². The van der Waals surface area contributed by atoms with Crippen LogP contribution in [0.2, 0.25) is 5.02 Å². The molecule has 3 aromatic heterocycles. The van der Waals surface area contributed by atoms with Crippen molar-refractivity contribution < 1.29 is 4.42 Å². The van der Waals surface area contributed by atoms with Crippen LogP contribution in [0.5, 0.6) is 0 Å². The number of halogens is 1. The predicted octanol–water partition coefficient (Wildman–Crippen LogP) is 4.67. The van der Waals surface area contributed by atoms with Crippen molar-refractivity contribution in [1.82, 2.24) is 29.9 Å². The van der Waals surface area contributed by atoms with Gasteiger partial charge >= 0.3 is 0 Å². The largest absolute Gasteiger partial charge is 0.419 e. The number of thioether (sulfide) groups is 1. The third kappa shape index (κ3) is 3.85. The van der Waals surface area contributed by atoms with Crippen LogP contribution >= 0.6 is 23.4 Å². The van der Waals surface area contributed by atoms with Crippen LogP contribution in [-0.2, 0) is 0 Å². The Morgan fingerprint density at radius 3 is 2.77 bits per heavy atom. The van der Waals surface area contributed by atoms with E-state index in [1.54, 1.807) is 16.8 Å². The molecular weight excluding hydrogens is 436 g/mol. The summed E-state index contributed by atoms with van der Waals surface area (Å²) in [4.78, 5) is 20.0. The minimum absolute atomic E-state index is 0.229. The van der Waals surface area contributed by atoms with Gasteiger partial charge in [-0.05, 0) is 37.3 Å². The molecule has 0 unspecified atom stereocenters. The van der Waals surface area contributed by atoms with Crippen molar-refractivity contribution >= 4 is 34.4 Å². The fourth-order valence-electron chi connectivity index (χ4n) is 3.07. The summed E-state index contributed by atoms with van der Waals surface area (Å²) >= 11 is 7.42. The first-order valence-electron chi connectivity index (χ1n) is 9.38. The zero-order valence-electron chi connectivity index (χ0n) is 16.2. The second kappa shape index (κ2) is 8.01. The Morgan fingerprint density at radius 2 is 1.97 bits per heavy atom. The lowest BCUT2D eigenvalue weighted by Crippen LogP contribution is -2.10. The van der Waals surface area contributed by atoms with Crippen LogP contribution in [0.3, 0.4) is 0 Å². The number of hydrogen-bond acceptors (Lipinski definition) is 7. The van der Waals surface area contributed by atoms with Gasteiger partial charge in [0, 0.05) is 10.6 Å². The summed E-state index contributed by atoms with van der Waals surface area (Å²) in [6.07, 6.45) is 1.49. The predicted molar refractivity (Wildman–Crippen MR) is 119 cm³/mol. The smallest absolute Gasteiger partial charge is 0.262 e. The van der Waals surface area contributed by atoms with Gasteiger partial charge < -0.3 is 9.40 Å². The molecule has 0 saturated carbocycles. The van der Waals surface area contributed by atoms with Gasteiger partial charge in [-0.25, -0.2) is 9.67 Å². The number of aromatic amines is 1. The number of rotatable bonds is 5. The normalized spacial score (nSPS) is 12.3. The molecule has 5 aromatic rings. The summed E-state index contributed by atoms with van der Waals surface area (Å²) in [6.45, 7) is 1.91. The third-order valence-electron chi connectivity index (χ3n) is 4.57. The average molecular weight is 451 g/mol. The van der Waals surface area contributed by atoms with Crippen LogP contribution in [0.4, 0.5) is 0 Å². The van der Waals surface area contributed by atoms with Crippen molar-refractivity contribution in [2.75, 3.05) is 0 Å². The number of fused-ring (bicyclic) bond motifs is 1. The molecule has 0 aliphatic carbocycles. The van der Waals surface area contributed by atoms with E-state index >= 15 is 0 Å². The van der Waals surface area contributed by atoms with E-state index in [2.05, 4.69) is 25.3 Å². The molecule has 0 aliphatic heterocycles. The third-order valence-corrected chi connectivity index (χ3v) is 5.77. The van der Waals surface area contributed by atoms with E-state index in [4.69, 9.17) is 16.0 Å². The van der Waals surface area contributed by atoms with Crippen LogP contribution in [0.1, 0.15) is 18.1 Å². The Hall–Kier alpha value is -3.43. The molecule has 0 saturated heterocycles. The minimum Gasteiger partial charge on any atom is -0.419 e. The lowest BCUT2D eigenvalue weighted by atomic mass is 10.2. The summed E-state index contributed by atoms with van der Waals surface area (Å²) in [6, 6.07) is 16.7. The monoisotopic (exact) mass is 450 g/mol. The van der Waals surface area contributed by atoms with Crippen LogP contribution < -0.4 is 5.56 Å². The Labute approximate surface area is 185 Å². The first kappa shape index (κ1) is 19.5. The summed E-state index contributed by atoms with van der Waals surface area (Å²) in [7, 11) is 0. The number of H-pyrrole nitrogens is 1. The van der Waals surface area contributed by atoms with Crippen molar-refractivity contribution in [2.45, 2.75) is 17.3 Å². The Kier molecular flexibility index (Phi) is 5.05. The first-order valence-corrected chi connectivity index (χ1v) is 10.6.